The van der Waals surface area contributed by atoms with Gasteiger partial charge in [0.05, 0.1) is 6.54 Å². The van der Waals surface area contributed by atoms with E-state index in [1.807, 2.05) is 0 Å². The van der Waals surface area contributed by atoms with Gasteiger partial charge >= 0.3 is 0 Å². The highest BCUT2D eigenvalue weighted by molar-refractivity contribution is 5.83. The van der Waals surface area contributed by atoms with Gasteiger partial charge in [-0.05, 0) is 51.7 Å². The Morgan fingerprint density at radius 3 is 2.53 bits per heavy atom. The standard InChI is InChI=1S/C16H28N2O/c19-16(14-6-2-1-3-7-14)13-17-9-5-11-18-10-4-8-15(18)12-17/h14-15H,1-13H2. The summed E-state index contributed by atoms with van der Waals surface area (Å²) in [6, 6.07) is 0.738. The van der Waals surface area contributed by atoms with Crippen LogP contribution in [0.25, 0.3) is 0 Å². The van der Waals surface area contributed by atoms with Crippen molar-refractivity contribution < 1.29 is 4.79 Å². The van der Waals surface area contributed by atoms with Gasteiger partial charge in [0.25, 0.3) is 0 Å². The van der Waals surface area contributed by atoms with Crippen LogP contribution in [0.3, 0.4) is 0 Å². The number of hydrogen-bond acceptors (Lipinski definition) is 3. The lowest BCUT2D eigenvalue weighted by Crippen LogP contribution is -2.40. The van der Waals surface area contributed by atoms with Crippen LogP contribution in [0, 0.1) is 5.92 Å². The Balaban J connectivity index is 1.52. The van der Waals surface area contributed by atoms with Gasteiger partial charge < -0.3 is 0 Å². The van der Waals surface area contributed by atoms with Crippen LogP contribution >= 0.6 is 0 Å². The highest BCUT2D eigenvalue weighted by Crippen LogP contribution is 2.26. The molecule has 0 radical (unpaired) electrons. The third kappa shape index (κ3) is 3.38. The topological polar surface area (TPSA) is 23.6 Å². The second kappa shape index (κ2) is 6.36. The van der Waals surface area contributed by atoms with Crippen LogP contribution in [0.1, 0.15) is 51.4 Å². The number of rotatable bonds is 3. The summed E-state index contributed by atoms with van der Waals surface area (Å²) in [5.41, 5.74) is 0. The van der Waals surface area contributed by atoms with Crippen molar-refractivity contribution in [3.8, 4) is 0 Å². The molecule has 1 atom stereocenters. The van der Waals surface area contributed by atoms with E-state index in [9.17, 15) is 4.79 Å². The summed E-state index contributed by atoms with van der Waals surface area (Å²) in [5.74, 6) is 0.919. The molecule has 1 aliphatic carbocycles. The molecule has 0 spiro atoms. The lowest BCUT2D eigenvalue weighted by atomic mass is 9.86. The third-order valence-electron chi connectivity index (χ3n) is 5.33. The Hall–Kier alpha value is -0.410. The largest absolute Gasteiger partial charge is 0.299 e. The van der Waals surface area contributed by atoms with Gasteiger partial charge in [0.2, 0.25) is 0 Å². The normalized spacial score (nSPS) is 31.1. The van der Waals surface area contributed by atoms with Gasteiger partial charge in [-0.3, -0.25) is 14.6 Å². The van der Waals surface area contributed by atoms with E-state index in [1.165, 1.54) is 51.6 Å². The van der Waals surface area contributed by atoms with Crippen LogP contribution in [-0.2, 0) is 4.79 Å². The van der Waals surface area contributed by atoms with E-state index < -0.39 is 0 Å². The fourth-order valence-corrected chi connectivity index (χ4v) is 4.20. The van der Waals surface area contributed by atoms with Gasteiger partial charge in [0.1, 0.15) is 5.78 Å². The van der Waals surface area contributed by atoms with Crippen molar-refractivity contribution in [2.45, 2.75) is 57.4 Å². The van der Waals surface area contributed by atoms with E-state index in [-0.39, 0.29) is 0 Å². The minimum absolute atomic E-state index is 0.386. The van der Waals surface area contributed by atoms with E-state index in [4.69, 9.17) is 0 Å². The smallest absolute Gasteiger partial charge is 0.149 e. The summed E-state index contributed by atoms with van der Waals surface area (Å²) >= 11 is 0. The van der Waals surface area contributed by atoms with E-state index in [1.54, 1.807) is 0 Å². The van der Waals surface area contributed by atoms with Crippen molar-refractivity contribution in [2.24, 2.45) is 5.92 Å². The van der Waals surface area contributed by atoms with Gasteiger partial charge in [-0.1, -0.05) is 19.3 Å². The lowest BCUT2D eigenvalue weighted by Gasteiger charge is -2.27. The highest BCUT2D eigenvalue weighted by Gasteiger charge is 2.30. The lowest BCUT2D eigenvalue weighted by molar-refractivity contribution is -0.125. The van der Waals surface area contributed by atoms with Gasteiger partial charge in [-0.15, -0.1) is 0 Å². The molecule has 2 aliphatic heterocycles. The van der Waals surface area contributed by atoms with Crippen molar-refractivity contribution >= 4 is 5.78 Å². The molecule has 3 heteroatoms. The van der Waals surface area contributed by atoms with Crippen molar-refractivity contribution in [1.82, 2.24) is 9.80 Å². The molecule has 0 aromatic carbocycles. The van der Waals surface area contributed by atoms with Crippen molar-refractivity contribution in [3.05, 3.63) is 0 Å². The van der Waals surface area contributed by atoms with Crippen LogP contribution < -0.4 is 0 Å². The summed E-state index contributed by atoms with van der Waals surface area (Å²) in [6.45, 7) is 5.53. The number of Topliss-reactive ketones (excluding diaryl/α,β-unsaturated/α-hetero) is 1. The molecule has 0 aromatic heterocycles. The molecule has 3 fully saturated rings. The molecule has 3 rings (SSSR count). The molecule has 0 amide bonds. The van der Waals surface area contributed by atoms with Gasteiger partial charge in [-0.25, -0.2) is 0 Å². The Morgan fingerprint density at radius 2 is 1.68 bits per heavy atom. The molecular formula is C16H28N2O. The van der Waals surface area contributed by atoms with E-state index in [0.29, 0.717) is 11.7 Å². The molecule has 2 saturated heterocycles. The number of ketones is 1. The van der Waals surface area contributed by atoms with Crippen molar-refractivity contribution in [1.29, 1.82) is 0 Å². The summed E-state index contributed by atoms with van der Waals surface area (Å²) in [7, 11) is 0. The van der Waals surface area contributed by atoms with Gasteiger partial charge in [0, 0.05) is 18.5 Å². The zero-order valence-corrected chi connectivity index (χ0v) is 12.1. The van der Waals surface area contributed by atoms with Gasteiger partial charge in [-0.2, -0.15) is 0 Å². The Kier molecular flexibility index (Phi) is 4.54. The molecular weight excluding hydrogens is 236 g/mol. The Labute approximate surface area is 117 Å². The van der Waals surface area contributed by atoms with Crippen LogP contribution in [0.4, 0.5) is 0 Å². The molecule has 1 saturated carbocycles. The Morgan fingerprint density at radius 1 is 0.895 bits per heavy atom. The van der Waals surface area contributed by atoms with Crippen LogP contribution in [0.15, 0.2) is 0 Å². The minimum Gasteiger partial charge on any atom is -0.299 e. The first kappa shape index (κ1) is 13.6. The number of nitrogens with zero attached hydrogens (tertiary/aromatic N) is 2. The number of fused-ring (bicyclic) bond motifs is 1. The molecule has 0 N–H and O–H groups in total. The zero-order valence-electron chi connectivity index (χ0n) is 12.1. The second-order valence-corrected chi connectivity index (χ2v) is 6.72. The molecule has 1 unspecified atom stereocenters. The minimum atomic E-state index is 0.386. The zero-order chi connectivity index (χ0) is 13.1. The maximum atomic E-state index is 12.4. The number of carbonyl (C=O) groups is 1. The first-order valence-electron chi connectivity index (χ1n) is 8.32. The molecule has 3 aliphatic rings. The van der Waals surface area contributed by atoms with Crippen LogP contribution in [0.5, 0.6) is 0 Å². The van der Waals surface area contributed by atoms with E-state index >= 15 is 0 Å². The quantitative estimate of drug-likeness (QED) is 0.781. The van der Waals surface area contributed by atoms with Crippen molar-refractivity contribution in [2.75, 3.05) is 32.7 Å². The molecule has 19 heavy (non-hydrogen) atoms. The molecule has 0 bridgehead atoms. The van der Waals surface area contributed by atoms with E-state index in [2.05, 4.69) is 9.80 Å². The molecule has 2 heterocycles. The summed E-state index contributed by atoms with van der Waals surface area (Å²) in [4.78, 5) is 17.5. The SMILES string of the molecule is O=C(CN1CCCN2CCCC2C1)C1CCCCC1. The molecule has 108 valence electrons. The second-order valence-electron chi connectivity index (χ2n) is 6.72. The summed E-state index contributed by atoms with van der Waals surface area (Å²) in [6.07, 6.45) is 10.1. The summed E-state index contributed by atoms with van der Waals surface area (Å²) in [5, 5.41) is 0. The average molecular weight is 264 g/mol. The fourth-order valence-electron chi connectivity index (χ4n) is 4.20. The maximum absolute atomic E-state index is 12.4. The van der Waals surface area contributed by atoms with Gasteiger partial charge in [0.15, 0.2) is 0 Å². The van der Waals surface area contributed by atoms with Crippen molar-refractivity contribution in [3.63, 3.8) is 0 Å². The number of hydrogen-bond donors (Lipinski definition) is 0. The predicted octanol–water partition coefficient (Wildman–Crippen LogP) is 2.31. The van der Waals surface area contributed by atoms with Crippen LogP contribution in [-0.4, -0.2) is 54.3 Å². The Bertz CT molecular complexity index is 312. The third-order valence-corrected chi connectivity index (χ3v) is 5.33. The number of carbonyl (C=O) groups excluding carboxylic acids is 1. The highest BCUT2D eigenvalue weighted by atomic mass is 16.1. The monoisotopic (exact) mass is 264 g/mol. The molecule has 3 nitrogen and oxygen atoms in total. The predicted molar refractivity (Wildman–Crippen MR) is 77.2 cm³/mol. The first-order valence-corrected chi connectivity index (χ1v) is 8.32. The average Bonchev–Trinajstić information content (AvgIpc) is 2.79. The first-order chi connectivity index (χ1) is 9.33. The van der Waals surface area contributed by atoms with Crippen LogP contribution in [0.2, 0.25) is 0 Å². The molecule has 0 aromatic rings. The summed E-state index contributed by atoms with van der Waals surface area (Å²) < 4.78 is 0. The maximum Gasteiger partial charge on any atom is 0.149 e. The van der Waals surface area contributed by atoms with E-state index in [0.717, 1.165) is 38.5 Å². The fraction of sp³-hybridized carbons (Fsp3) is 0.938.